The zero-order valence-corrected chi connectivity index (χ0v) is 21.8. The zero-order valence-electron chi connectivity index (χ0n) is 21.8. The van der Waals surface area contributed by atoms with Gasteiger partial charge in [-0.2, -0.15) is 5.26 Å². The summed E-state index contributed by atoms with van der Waals surface area (Å²) < 4.78 is 24.4. The van der Waals surface area contributed by atoms with E-state index in [1.165, 1.54) is 4.57 Å². The van der Waals surface area contributed by atoms with E-state index < -0.39 is 17.3 Å². The highest BCUT2D eigenvalue weighted by atomic mass is 16.6. The zero-order chi connectivity index (χ0) is 27.5. The molecule has 9 heteroatoms. The minimum atomic E-state index is -1.22. The van der Waals surface area contributed by atoms with Crippen LogP contribution in [0.15, 0.2) is 54.6 Å². The normalized spacial score (nSPS) is 23.0. The summed E-state index contributed by atoms with van der Waals surface area (Å²) in [5, 5.41) is 45.1. The van der Waals surface area contributed by atoms with Crippen molar-refractivity contribution in [3.05, 3.63) is 71.3 Å². The monoisotopic (exact) mass is 528 g/mol. The van der Waals surface area contributed by atoms with Gasteiger partial charge in [0.25, 0.3) is 0 Å². The van der Waals surface area contributed by atoms with Gasteiger partial charge in [0.05, 0.1) is 55.4 Å². The Balaban J connectivity index is 1.41. The summed E-state index contributed by atoms with van der Waals surface area (Å²) in [4.78, 5) is 0. The van der Waals surface area contributed by atoms with Crippen molar-refractivity contribution in [3.8, 4) is 40.8 Å². The van der Waals surface area contributed by atoms with E-state index in [9.17, 15) is 20.6 Å². The molecule has 3 N–H and O–H groups in total. The molecule has 3 aromatic carbocycles. The summed E-state index contributed by atoms with van der Waals surface area (Å²) in [6, 6.07) is 18.1. The number of aromatic hydroxyl groups is 2. The van der Waals surface area contributed by atoms with Crippen molar-refractivity contribution in [2.45, 2.75) is 37.1 Å². The fourth-order valence-corrected chi connectivity index (χ4v) is 6.12. The topological polar surface area (TPSA) is 126 Å². The van der Waals surface area contributed by atoms with E-state index in [0.717, 1.165) is 0 Å². The van der Waals surface area contributed by atoms with Crippen LogP contribution in [0.2, 0.25) is 0 Å². The number of nitriles is 1. The summed E-state index contributed by atoms with van der Waals surface area (Å²) in [6.07, 6.45) is -0.371. The summed E-state index contributed by atoms with van der Waals surface area (Å²) >= 11 is 0. The predicted octanol–water partition coefficient (Wildman–Crippen LogP) is 4.60. The third kappa shape index (κ3) is 3.52. The van der Waals surface area contributed by atoms with Crippen LogP contribution in [0.4, 0.5) is 0 Å². The third-order valence-electron chi connectivity index (χ3n) is 8.00. The summed E-state index contributed by atoms with van der Waals surface area (Å²) in [5.41, 5.74) is -0.503. The molecule has 2 aliphatic heterocycles. The van der Waals surface area contributed by atoms with Crippen LogP contribution in [0.3, 0.4) is 0 Å². The number of hydrogen-bond acceptors (Lipinski definition) is 8. The van der Waals surface area contributed by atoms with E-state index in [4.69, 9.17) is 18.9 Å². The van der Waals surface area contributed by atoms with Gasteiger partial charge in [-0.3, -0.25) is 4.57 Å². The maximum atomic E-state index is 11.6. The smallest absolute Gasteiger partial charge is 0.205 e. The summed E-state index contributed by atoms with van der Waals surface area (Å²) in [7, 11) is 3.12. The molecule has 0 saturated carbocycles. The molecule has 2 bridgehead atoms. The van der Waals surface area contributed by atoms with Crippen LogP contribution in [0.1, 0.15) is 36.5 Å². The SMILES string of the molecule is COc1cc(OC)cc(OCC[C@]23CC(O)[C@](C)(O2)c2c3c(O)n(-c3ccc(C#N)c4ccccc34)c2O)c1. The quantitative estimate of drug-likeness (QED) is 0.318. The van der Waals surface area contributed by atoms with Gasteiger partial charge in [0.15, 0.2) is 0 Å². The molecule has 0 aliphatic carbocycles. The van der Waals surface area contributed by atoms with Gasteiger partial charge in [0.2, 0.25) is 11.8 Å². The van der Waals surface area contributed by atoms with Crippen LogP contribution >= 0.6 is 0 Å². The van der Waals surface area contributed by atoms with Crippen molar-refractivity contribution in [2.75, 3.05) is 20.8 Å². The number of rotatable bonds is 7. The van der Waals surface area contributed by atoms with Gasteiger partial charge in [-0.15, -0.1) is 0 Å². The van der Waals surface area contributed by atoms with Crippen LogP contribution < -0.4 is 14.2 Å². The Hall–Kier alpha value is -4.39. The molecule has 0 radical (unpaired) electrons. The minimum absolute atomic E-state index is 0.170. The number of hydrogen-bond donors (Lipinski definition) is 3. The van der Waals surface area contributed by atoms with Crippen LogP contribution in [-0.4, -0.2) is 46.8 Å². The number of fused-ring (bicyclic) bond motifs is 6. The van der Waals surface area contributed by atoms with Gasteiger partial charge in [-0.05, 0) is 19.1 Å². The molecule has 1 saturated heterocycles. The molecule has 3 atom stereocenters. The Morgan fingerprint density at radius 3 is 2.28 bits per heavy atom. The van der Waals surface area contributed by atoms with Crippen molar-refractivity contribution in [3.63, 3.8) is 0 Å². The first kappa shape index (κ1) is 24.9. The Kier molecular flexibility index (Phi) is 5.64. The van der Waals surface area contributed by atoms with Gasteiger partial charge < -0.3 is 34.3 Å². The first-order chi connectivity index (χ1) is 18.8. The number of benzene rings is 3. The van der Waals surface area contributed by atoms with Crippen molar-refractivity contribution in [2.24, 2.45) is 0 Å². The lowest BCUT2D eigenvalue weighted by atomic mass is 9.76. The van der Waals surface area contributed by atoms with E-state index in [1.54, 1.807) is 51.5 Å². The molecular weight excluding hydrogens is 500 g/mol. The second-order valence-corrected chi connectivity index (χ2v) is 10.1. The van der Waals surface area contributed by atoms with Crippen LogP contribution in [0.25, 0.3) is 16.5 Å². The van der Waals surface area contributed by atoms with Crippen molar-refractivity contribution >= 4 is 10.8 Å². The lowest BCUT2D eigenvalue weighted by Crippen LogP contribution is -2.33. The minimum Gasteiger partial charge on any atom is -0.496 e. The number of aliphatic hydroxyl groups is 1. The first-order valence-electron chi connectivity index (χ1n) is 12.6. The molecule has 0 spiro atoms. The maximum Gasteiger partial charge on any atom is 0.205 e. The van der Waals surface area contributed by atoms with Gasteiger partial charge in [-0.25, -0.2) is 0 Å². The molecule has 1 unspecified atom stereocenters. The van der Waals surface area contributed by atoms with E-state index in [0.29, 0.717) is 56.8 Å². The Morgan fingerprint density at radius 1 is 0.974 bits per heavy atom. The number of ether oxygens (including phenoxy) is 4. The van der Waals surface area contributed by atoms with E-state index in [-0.39, 0.29) is 24.8 Å². The van der Waals surface area contributed by atoms with Gasteiger partial charge in [0.1, 0.15) is 28.5 Å². The lowest BCUT2D eigenvalue weighted by molar-refractivity contribution is -0.107. The summed E-state index contributed by atoms with van der Waals surface area (Å²) in [6.45, 7) is 1.92. The average Bonchev–Trinajstić information content (AvgIpc) is 3.48. The molecule has 9 nitrogen and oxygen atoms in total. The Labute approximate surface area is 225 Å². The Bertz CT molecular complexity index is 1630. The van der Waals surface area contributed by atoms with Gasteiger partial charge in [-0.1, -0.05) is 24.3 Å². The van der Waals surface area contributed by atoms with E-state index >= 15 is 0 Å². The van der Waals surface area contributed by atoms with Crippen LogP contribution in [-0.2, 0) is 15.9 Å². The lowest BCUT2D eigenvalue weighted by Gasteiger charge is -2.26. The number of methoxy groups -OCH3 is 2. The highest BCUT2D eigenvalue weighted by Crippen LogP contribution is 2.65. The number of nitrogens with zero attached hydrogens (tertiary/aromatic N) is 2. The van der Waals surface area contributed by atoms with Crippen molar-refractivity contribution < 1.29 is 34.3 Å². The van der Waals surface area contributed by atoms with Crippen LogP contribution in [0, 0.1) is 11.3 Å². The van der Waals surface area contributed by atoms with Gasteiger partial charge in [0, 0.05) is 41.8 Å². The highest BCUT2D eigenvalue weighted by Gasteiger charge is 2.66. The molecule has 4 aromatic rings. The molecule has 6 rings (SSSR count). The number of aliphatic hydroxyl groups excluding tert-OH is 1. The molecular formula is C30H28N2O7. The predicted molar refractivity (Wildman–Crippen MR) is 142 cm³/mol. The molecule has 1 aromatic heterocycles. The largest absolute Gasteiger partial charge is 0.496 e. The second kappa shape index (κ2) is 8.83. The molecule has 39 heavy (non-hydrogen) atoms. The van der Waals surface area contributed by atoms with Crippen molar-refractivity contribution in [1.29, 1.82) is 5.26 Å². The standard InChI is InChI=1S/C30H28N2O7/c1-29-24(33)15-30(39-29,10-11-38-20-13-18(36-2)12-19(14-20)37-3)26-25(29)27(34)32(28(26)35)23-9-8-17(16-31)21-6-4-5-7-22(21)23/h4-9,12-14,24,33-35H,10-11,15H2,1-3H3/t24?,29-,30+/m0/s1. The second-order valence-electron chi connectivity index (χ2n) is 10.1. The summed E-state index contributed by atoms with van der Waals surface area (Å²) in [5.74, 6) is 1.32. The molecule has 200 valence electrons. The molecule has 2 aliphatic rings. The molecule has 0 amide bonds. The van der Waals surface area contributed by atoms with Gasteiger partial charge >= 0.3 is 0 Å². The van der Waals surface area contributed by atoms with Crippen molar-refractivity contribution in [1.82, 2.24) is 4.57 Å². The fraction of sp³-hybridized carbons (Fsp3) is 0.300. The third-order valence-corrected chi connectivity index (χ3v) is 8.00. The molecule has 3 heterocycles. The average molecular weight is 529 g/mol. The van der Waals surface area contributed by atoms with E-state index in [1.807, 2.05) is 24.3 Å². The number of aromatic nitrogens is 1. The first-order valence-corrected chi connectivity index (χ1v) is 12.6. The fourth-order valence-electron chi connectivity index (χ4n) is 6.12. The Morgan fingerprint density at radius 2 is 1.62 bits per heavy atom. The van der Waals surface area contributed by atoms with Crippen LogP contribution in [0.5, 0.6) is 29.0 Å². The maximum absolute atomic E-state index is 11.6. The molecule has 1 fully saturated rings. The highest BCUT2D eigenvalue weighted by molar-refractivity contribution is 5.95. The van der Waals surface area contributed by atoms with E-state index in [2.05, 4.69) is 6.07 Å².